The number of hydrogen-bond acceptors (Lipinski definition) is 3. The topological polar surface area (TPSA) is 47.6 Å². The highest BCUT2D eigenvalue weighted by atomic mass is 16.7. The van der Waals surface area contributed by atoms with Crippen molar-refractivity contribution in [2.75, 3.05) is 6.79 Å². The molecule has 1 N–H and O–H groups in total. The fourth-order valence-corrected chi connectivity index (χ4v) is 2.32. The maximum atomic E-state index is 12.3. The van der Waals surface area contributed by atoms with E-state index in [2.05, 4.69) is 19.2 Å². The number of fused-ring (bicyclic) bond motifs is 1. The summed E-state index contributed by atoms with van der Waals surface area (Å²) < 4.78 is 10.6. The van der Waals surface area contributed by atoms with Gasteiger partial charge in [-0.05, 0) is 31.4 Å². The fraction of sp³-hybridized carbons (Fsp3) is 0.562. The molecule has 0 spiro atoms. The molecule has 1 heterocycles. The molecule has 0 radical (unpaired) electrons. The number of benzene rings is 1. The van der Waals surface area contributed by atoms with Crippen LogP contribution in [0.5, 0.6) is 11.5 Å². The van der Waals surface area contributed by atoms with E-state index in [1.807, 2.05) is 19.1 Å². The van der Waals surface area contributed by atoms with Gasteiger partial charge in [0.25, 0.3) is 5.91 Å². The molecule has 0 saturated carbocycles. The van der Waals surface area contributed by atoms with Crippen LogP contribution in [0.3, 0.4) is 0 Å². The van der Waals surface area contributed by atoms with Crippen LogP contribution >= 0.6 is 0 Å². The van der Waals surface area contributed by atoms with Gasteiger partial charge in [0.1, 0.15) is 0 Å². The van der Waals surface area contributed by atoms with E-state index < -0.39 is 0 Å². The Kier molecular flexibility index (Phi) is 4.88. The lowest BCUT2D eigenvalue weighted by Gasteiger charge is -2.15. The highest BCUT2D eigenvalue weighted by molar-refractivity contribution is 5.98. The van der Waals surface area contributed by atoms with Crippen molar-refractivity contribution in [2.24, 2.45) is 5.92 Å². The highest BCUT2D eigenvalue weighted by Crippen LogP contribution is 2.35. The van der Waals surface area contributed by atoms with E-state index in [9.17, 15) is 4.79 Å². The molecule has 110 valence electrons. The van der Waals surface area contributed by atoms with Gasteiger partial charge in [-0.15, -0.1) is 0 Å². The number of carbonyl (C=O) groups is 1. The summed E-state index contributed by atoms with van der Waals surface area (Å²) in [5.74, 6) is 1.81. The molecule has 0 fully saturated rings. The summed E-state index contributed by atoms with van der Waals surface area (Å²) >= 11 is 0. The zero-order chi connectivity index (χ0) is 14.5. The zero-order valence-electron chi connectivity index (χ0n) is 12.4. The largest absolute Gasteiger partial charge is 0.454 e. The molecule has 2 rings (SSSR count). The highest BCUT2D eigenvalue weighted by Gasteiger charge is 2.22. The Hall–Kier alpha value is -1.71. The van der Waals surface area contributed by atoms with E-state index in [4.69, 9.17) is 9.47 Å². The number of amides is 1. The quantitative estimate of drug-likeness (QED) is 0.867. The standard InChI is InChI=1S/C16H23NO3/c1-11(2)6-4-7-12(3)17-16(18)13-8-5-9-14-15(13)20-10-19-14/h5,8-9,11-12H,4,6-7,10H2,1-3H3,(H,17,18)/t12-/m1/s1. The number of carbonyl (C=O) groups excluding carboxylic acids is 1. The van der Waals surface area contributed by atoms with E-state index in [0.29, 0.717) is 23.0 Å². The molecule has 1 atom stereocenters. The molecule has 4 nitrogen and oxygen atoms in total. The molecule has 0 bridgehead atoms. The Labute approximate surface area is 120 Å². The summed E-state index contributed by atoms with van der Waals surface area (Å²) in [4.78, 5) is 12.3. The van der Waals surface area contributed by atoms with Gasteiger partial charge >= 0.3 is 0 Å². The molecule has 0 aromatic heterocycles. The SMILES string of the molecule is CC(C)CCC[C@@H](C)NC(=O)c1cccc2c1OCO2. The Morgan fingerprint density at radius 2 is 2.05 bits per heavy atom. The minimum Gasteiger partial charge on any atom is -0.454 e. The minimum absolute atomic E-state index is 0.0932. The predicted octanol–water partition coefficient (Wildman–Crippen LogP) is 3.36. The summed E-state index contributed by atoms with van der Waals surface area (Å²) in [5, 5.41) is 3.03. The summed E-state index contributed by atoms with van der Waals surface area (Å²) in [6, 6.07) is 5.56. The second kappa shape index (κ2) is 6.64. The van der Waals surface area contributed by atoms with Crippen LogP contribution in [0, 0.1) is 5.92 Å². The lowest BCUT2D eigenvalue weighted by Crippen LogP contribution is -2.32. The third kappa shape index (κ3) is 3.65. The van der Waals surface area contributed by atoms with Crippen LogP contribution in [0.25, 0.3) is 0 Å². The molecule has 20 heavy (non-hydrogen) atoms. The van der Waals surface area contributed by atoms with Gasteiger partial charge in [-0.3, -0.25) is 4.79 Å². The summed E-state index contributed by atoms with van der Waals surface area (Å²) in [6.45, 7) is 6.66. The molecule has 1 amide bonds. The van der Waals surface area contributed by atoms with Crippen LogP contribution in [0.1, 0.15) is 50.4 Å². The van der Waals surface area contributed by atoms with Gasteiger partial charge in [0, 0.05) is 6.04 Å². The summed E-state index contributed by atoms with van der Waals surface area (Å²) in [7, 11) is 0. The molecule has 4 heteroatoms. The average molecular weight is 277 g/mol. The smallest absolute Gasteiger partial charge is 0.255 e. The first kappa shape index (κ1) is 14.7. The van der Waals surface area contributed by atoms with Crippen molar-refractivity contribution >= 4 is 5.91 Å². The van der Waals surface area contributed by atoms with Crippen molar-refractivity contribution in [1.82, 2.24) is 5.32 Å². The molecule has 1 aromatic rings. The minimum atomic E-state index is -0.0932. The summed E-state index contributed by atoms with van der Waals surface area (Å²) in [6.07, 6.45) is 3.32. The number of ether oxygens (including phenoxy) is 2. The van der Waals surface area contributed by atoms with Gasteiger partial charge in [-0.1, -0.05) is 32.8 Å². The van der Waals surface area contributed by atoms with Gasteiger partial charge in [0.05, 0.1) is 5.56 Å². The zero-order valence-corrected chi connectivity index (χ0v) is 12.4. The summed E-state index contributed by atoms with van der Waals surface area (Å²) in [5.41, 5.74) is 0.552. The van der Waals surface area contributed by atoms with Crippen molar-refractivity contribution in [3.05, 3.63) is 23.8 Å². The average Bonchev–Trinajstić information content (AvgIpc) is 2.85. The number of para-hydroxylation sites is 1. The molecule has 1 aliphatic heterocycles. The van der Waals surface area contributed by atoms with E-state index in [-0.39, 0.29) is 18.7 Å². The van der Waals surface area contributed by atoms with Crippen molar-refractivity contribution in [1.29, 1.82) is 0 Å². The van der Waals surface area contributed by atoms with Gasteiger partial charge in [-0.2, -0.15) is 0 Å². The van der Waals surface area contributed by atoms with Gasteiger partial charge in [0.2, 0.25) is 6.79 Å². The fourth-order valence-electron chi connectivity index (χ4n) is 2.32. The first-order valence-corrected chi connectivity index (χ1v) is 7.27. The van der Waals surface area contributed by atoms with Crippen molar-refractivity contribution in [3.63, 3.8) is 0 Å². The van der Waals surface area contributed by atoms with Crippen LogP contribution in [0.15, 0.2) is 18.2 Å². The van der Waals surface area contributed by atoms with E-state index in [1.54, 1.807) is 6.07 Å². The third-order valence-electron chi connectivity index (χ3n) is 3.44. The number of hydrogen-bond donors (Lipinski definition) is 1. The lowest BCUT2D eigenvalue weighted by molar-refractivity contribution is 0.0933. The van der Waals surface area contributed by atoms with Gasteiger partial charge in [0.15, 0.2) is 11.5 Å². The first-order valence-electron chi connectivity index (χ1n) is 7.27. The number of rotatable bonds is 6. The Morgan fingerprint density at radius 1 is 1.25 bits per heavy atom. The van der Waals surface area contributed by atoms with Crippen LogP contribution in [0.2, 0.25) is 0 Å². The van der Waals surface area contributed by atoms with Crippen LogP contribution in [-0.2, 0) is 0 Å². The molecule has 0 aliphatic carbocycles. The van der Waals surface area contributed by atoms with Crippen molar-refractivity contribution in [3.8, 4) is 11.5 Å². The van der Waals surface area contributed by atoms with Crippen molar-refractivity contribution < 1.29 is 14.3 Å². The molecular weight excluding hydrogens is 254 g/mol. The number of nitrogens with one attached hydrogen (secondary N) is 1. The second-order valence-corrected chi connectivity index (χ2v) is 5.74. The molecule has 1 aromatic carbocycles. The van der Waals surface area contributed by atoms with Gasteiger partial charge in [-0.25, -0.2) is 0 Å². The lowest BCUT2D eigenvalue weighted by atomic mass is 10.0. The van der Waals surface area contributed by atoms with Crippen LogP contribution in [-0.4, -0.2) is 18.7 Å². The van der Waals surface area contributed by atoms with Gasteiger partial charge < -0.3 is 14.8 Å². The normalized spacial score (nSPS) is 14.4. The van der Waals surface area contributed by atoms with Crippen LogP contribution in [0.4, 0.5) is 0 Å². The maximum Gasteiger partial charge on any atom is 0.255 e. The molecule has 0 unspecified atom stereocenters. The molecular formula is C16H23NO3. The van der Waals surface area contributed by atoms with E-state index in [0.717, 1.165) is 12.8 Å². The first-order chi connectivity index (χ1) is 9.58. The Bertz CT molecular complexity index is 471. The monoisotopic (exact) mass is 277 g/mol. The maximum absolute atomic E-state index is 12.3. The third-order valence-corrected chi connectivity index (χ3v) is 3.44. The predicted molar refractivity (Wildman–Crippen MR) is 78.2 cm³/mol. The Morgan fingerprint density at radius 3 is 2.80 bits per heavy atom. The molecule has 0 saturated heterocycles. The molecule has 1 aliphatic rings. The van der Waals surface area contributed by atoms with Crippen molar-refractivity contribution in [2.45, 2.75) is 46.1 Å². The van der Waals surface area contributed by atoms with E-state index in [1.165, 1.54) is 6.42 Å². The second-order valence-electron chi connectivity index (χ2n) is 5.74. The Balaban J connectivity index is 1.90. The van der Waals surface area contributed by atoms with E-state index >= 15 is 0 Å². The van der Waals surface area contributed by atoms with Crippen LogP contribution < -0.4 is 14.8 Å².